The maximum atomic E-state index is 12.1. The molecule has 1 N–H and O–H groups in total. The van der Waals surface area contributed by atoms with Crippen molar-refractivity contribution in [1.82, 2.24) is 14.9 Å². The van der Waals surface area contributed by atoms with Crippen LogP contribution < -0.4 is 5.32 Å². The van der Waals surface area contributed by atoms with E-state index in [1.807, 2.05) is 6.92 Å². The molecule has 17 heavy (non-hydrogen) atoms. The third-order valence-corrected chi connectivity index (χ3v) is 2.52. The predicted molar refractivity (Wildman–Crippen MR) is 56.7 cm³/mol. The lowest BCUT2D eigenvalue weighted by Crippen LogP contribution is -2.57. The van der Waals surface area contributed by atoms with Gasteiger partial charge in [0.25, 0.3) is 0 Å². The molecular weight excluding hydrogens is 233 g/mol. The molecule has 0 unspecified atom stereocenters. The lowest BCUT2D eigenvalue weighted by Gasteiger charge is -2.40. The van der Waals surface area contributed by atoms with E-state index in [1.165, 1.54) is 11.2 Å². The average molecular weight is 246 g/mol. The molecule has 1 aromatic rings. The fourth-order valence-electron chi connectivity index (χ4n) is 1.79. The van der Waals surface area contributed by atoms with Crippen molar-refractivity contribution in [2.24, 2.45) is 0 Å². The number of alkyl halides is 3. The van der Waals surface area contributed by atoms with E-state index in [2.05, 4.69) is 15.3 Å². The Morgan fingerprint density at radius 3 is 2.71 bits per heavy atom. The average Bonchev–Trinajstić information content (AvgIpc) is 2.12. The first-order valence-electron chi connectivity index (χ1n) is 5.27. The maximum Gasteiger partial charge on any atom is 0.401 e. The van der Waals surface area contributed by atoms with Crippen molar-refractivity contribution in [3.8, 4) is 0 Å². The molecule has 1 aliphatic rings. The van der Waals surface area contributed by atoms with Gasteiger partial charge in [0.15, 0.2) is 0 Å². The number of rotatable bonds is 3. The van der Waals surface area contributed by atoms with Crippen molar-refractivity contribution in [2.45, 2.75) is 19.1 Å². The second-order valence-electron chi connectivity index (χ2n) is 4.20. The summed E-state index contributed by atoms with van der Waals surface area (Å²) in [7, 11) is 0. The molecule has 2 heterocycles. The van der Waals surface area contributed by atoms with E-state index < -0.39 is 12.7 Å². The molecule has 4 nitrogen and oxygen atoms in total. The Morgan fingerprint density at radius 2 is 2.12 bits per heavy atom. The van der Waals surface area contributed by atoms with Crippen LogP contribution in [0, 0.1) is 6.92 Å². The Balaban J connectivity index is 1.78. The Kier molecular flexibility index (Phi) is 3.19. The van der Waals surface area contributed by atoms with Crippen molar-refractivity contribution in [1.29, 1.82) is 0 Å². The van der Waals surface area contributed by atoms with E-state index in [0.717, 1.165) is 5.69 Å². The zero-order chi connectivity index (χ0) is 12.5. The van der Waals surface area contributed by atoms with Gasteiger partial charge in [-0.1, -0.05) is 0 Å². The SMILES string of the molecule is Cc1cc(NC2CN(CC(F)(F)F)C2)ncn1. The minimum Gasteiger partial charge on any atom is -0.365 e. The van der Waals surface area contributed by atoms with Gasteiger partial charge in [-0.25, -0.2) is 9.97 Å². The molecule has 1 fully saturated rings. The van der Waals surface area contributed by atoms with Crippen LogP contribution in [0.4, 0.5) is 19.0 Å². The lowest BCUT2D eigenvalue weighted by molar-refractivity contribution is -0.153. The molecule has 0 radical (unpaired) electrons. The van der Waals surface area contributed by atoms with Crippen LogP contribution in [0.3, 0.4) is 0 Å². The van der Waals surface area contributed by atoms with E-state index >= 15 is 0 Å². The topological polar surface area (TPSA) is 41.0 Å². The van der Waals surface area contributed by atoms with Crippen molar-refractivity contribution in [3.05, 3.63) is 18.1 Å². The maximum absolute atomic E-state index is 12.1. The third kappa shape index (κ3) is 3.55. The summed E-state index contributed by atoms with van der Waals surface area (Å²) < 4.78 is 36.2. The highest BCUT2D eigenvalue weighted by Gasteiger charge is 2.36. The summed E-state index contributed by atoms with van der Waals surface area (Å²) in [4.78, 5) is 9.30. The number of anilines is 1. The molecular formula is C10H13F3N4. The fourth-order valence-corrected chi connectivity index (χ4v) is 1.79. The number of halogens is 3. The molecule has 0 spiro atoms. The van der Waals surface area contributed by atoms with Crippen LogP contribution in [-0.2, 0) is 0 Å². The van der Waals surface area contributed by atoms with Crippen LogP contribution in [0.1, 0.15) is 5.69 Å². The molecule has 0 saturated carbocycles. The van der Waals surface area contributed by atoms with Crippen molar-refractivity contribution in [2.75, 3.05) is 25.0 Å². The number of nitrogens with one attached hydrogen (secondary N) is 1. The minimum absolute atomic E-state index is 0.0339. The van der Waals surface area contributed by atoms with E-state index in [0.29, 0.717) is 18.9 Å². The molecule has 2 rings (SSSR count). The van der Waals surface area contributed by atoms with Gasteiger partial charge < -0.3 is 5.32 Å². The zero-order valence-electron chi connectivity index (χ0n) is 9.33. The van der Waals surface area contributed by atoms with Gasteiger partial charge in [-0.3, -0.25) is 4.90 Å². The number of nitrogens with zero attached hydrogens (tertiary/aromatic N) is 3. The smallest absolute Gasteiger partial charge is 0.365 e. The monoisotopic (exact) mass is 246 g/mol. The summed E-state index contributed by atoms with van der Waals surface area (Å²) in [5, 5.41) is 3.07. The molecule has 0 aliphatic carbocycles. The molecule has 7 heteroatoms. The van der Waals surface area contributed by atoms with Gasteiger partial charge in [0.1, 0.15) is 12.1 Å². The van der Waals surface area contributed by atoms with Gasteiger partial charge >= 0.3 is 6.18 Å². The van der Waals surface area contributed by atoms with Gasteiger partial charge in [0.05, 0.1) is 12.6 Å². The van der Waals surface area contributed by atoms with Crippen LogP contribution >= 0.6 is 0 Å². The highest BCUT2D eigenvalue weighted by atomic mass is 19.4. The Morgan fingerprint density at radius 1 is 1.41 bits per heavy atom. The molecule has 0 amide bonds. The number of aromatic nitrogens is 2. The minimum atomic E-state index is -4.11. The van der Waals surface area contributed by atoms with Gasteiger partial charge in [-0.05, 0) is 6.92 Å². The number of hydrogen-bond acceptors (Lipinski definition) is 4. The number of likely N-dealkylation sites (tertiary alicyclic amines) is 1. The Labute approximate surface area is 96.9 Å². The highest BCUT2D eigenvalue weighted by Crippen LogP contribution is 2.21. The van der Waals surface area contributed by atoms with Gasteiger partial charge in [-0.2, -0.15) is 13.2 Å². The van der Waals surface area contributed by atoms with Gasteiger partial charge in [0.2, 0.25) is 0 Å². The normalized spacial score (nSPS) is 17.9. The zero-order valence-corrected chi connectivity index (χ0v) is 9.33. The lowest BCUT2D eigenvalue weighted by atomic mass is 10.1. The number of aryl methyl sites for hydroxylation is 1. The Hall–Kier alpha value is -1.37. The van der Waals surface area contributed by atoms with E-state index in [-0.39, 0.29) is 6.04 Å². The van der Waals surface area contributed by atoms with Crippen LogP contribution in [0.2, 0.25) is 0 Å². The summed E-state index contributed by atoms with van der Waals surface area (Å²) in [5.41, 5.74) is 0.828. The molecule has 1 saturated heterocycles. The summed E-state index contributed by atoms with van der Waals surface area (Å²) in [6.45, 7) is 1.78. The van der Waals surface area contributed by atoms with E-state index in [9.17, 15) is 13.2 Å². The predicted octanol–water partition coefficient (Wildman–Crippen LogP) is 1.44. The summed E-state index contributed by atoms with van der Waals surface area (Å²) >= 11 is 0. The quantitative estimate of drug-likeness (QED) is 0.876. The second kappa shape index (κ2) is 4.48. The largest absolute Gasteiger partial charge is 0.401 e. The van der Waals surface area contributed by atoms with Crippen molar-refractivity contribution in [3.63, 3.8) is 0 Å². The third-order valence-electron chi connectivity index (χ3n) is 2.52. The first-order valence-corrected chi connectivity index (χ1v) is 5.27. The standard InChI is InChI=1S/C10H13F3N4/c1-7-2-9(15-6-14-7)16-8-3-17(4-8)5-10(11,12)13/h2,6,8H,3-5H2,1H3,(H,14,15,16). The van der Waals surface area contributed by atoms with Crippen molar-refractivity contribution >= 4 is 5.82 Å². The molecule has 1 aromatic heterocycles. The summed E-state index contributed by atoms with van der Waals surface area (Å²) in [6, 6.07) is 1.80. The number of hydrogen-bond donors (Lipinski definition) is 1. The first kappa shape index (κ1) is 12.1. The molecule has 0 bridgehead atoms. The van der Waals surface area contributed by atoms with Gasteiger partial charge in [-0.15, -0.1) is 0 Å². The van der Waals surface area contributed by atoms with E-state index in [1.54, 1.807) is 6.07 Å². The first-order chi connectivity index (χ1) is 7.92. The van der Waals surface area contributed by atoms with Crippen LogP contribution in [0.5, 0.6) is 0 Å². The Bertz CT molecular complexity index is 387. The molecule has 94 valence electrons. The van der Waals surface area contributed by atoms with Crippen LogP contribution in [-0.4, -0.2) is 46.7 Å². The molecule has 1 aliphatic heterocycles. The van der Waals surface area contributed by atoms with Crippen LogP contribution in [0.25, 0.3) is 0 Å². The van der Waals surface area contributed by atoms with E-state index in [4.69, 9.17) is 0 Å². The van der Waals surface area contributed by atoms with Crippen LogP contribution in [0.15, 0.2) is 12.4 Å². The fraction of sp³-hybridized carbons (Fsp3) is 0.600. The molecule has 0 aromatic carbocycles. The van der Waals surface area contributed by atoms with Crippen molar-refractivity contribution < 1.29 is 13.2 Å². The second-order valence-corrected chi connectivity index (χ2v) is 4.20. The van der Waals surface area contributed by atoms with Gasteiger partial charge in [0, 0.05) is 24.8 Å². The summed E-state index contributed by atoms with van der Waals surface area (Å²) in [6.07, 6.45) is -2.68. The summed E-state index contributed by atoms with van der Waals surface area (Å²) in [5.74, 6) is 0.661. The highest BCUT2D eigenvalue weighted by molar-refractivity contribution is 5.36. The molecule has 0 atom stereocenters.